The minimum absolute atomic E-state index is 0.00852. The number of alkyl halides is 2. The van der Waals surface area contributed by atoms with E-state index in [9.17, 15) is 8.78 Å². The van der Waals surface area contributed by atoms with E-state index in [0.717, 1.165) is 0 Å². The lowest BCUT2D eigenvalue weighted by Crippen LogP contribution is -2.00. The van der Waals surface area contributed by atoms with E-state index in [1.807, 2.05) is 0 Å². The summed E-state index contributed by atoms with van der Waals surface area (Å²) in [6.45, 7) is 0. The summed E-state index contributed by atoms with van der Waals surface area (Å²) in [5.41, 5.74) is 0.513. The summed E-state index contributed by atoms with van der Waals surface area (Å²) >= 11 is 0. The third-order valence-electron chi connectivity index (χ3n) is 1.19. The van der Waals surface area contributed by atoms with Gasteiger partial charge in [0.05, 0.1) is 0 Å². The average Bonchev–Trinajstić information content (AvgIpc) is 1.88. The van der Waals surface area contributed by atoms with Crippen LogP contribution >= 0.6 is 0 Å². The van der Waals surface area contributed by atoms with Crippen molar-refractivity contribution in [3.8, 4) is 0 Å². The van der Waals surface area contributed by atoms with Gasteiger partial charge in [-0.05, 0) is 0 Å². The standard InChI is InChI=1S/C7H5BF2/c8-6-3-1-5(2-4-6)7(9)10/h1-4,7H. The van der Waals surface area contributed by atoms with Crippen molar-refractivity contribution in [1.29, 1.82) is 0 Å². The number of benzene rings is 1. The van der Waals surface area contributed by atoms with Gasteiger partial charge in [0, 0.05) is 5.56 Å². The average molecular weight is 138 g/mol. The summed E-state index contributed by atoms with van der Waals surface area (Å²) in [6, 6.07) is 5.56. The summed E-state index contributed by atoms with van der Waals surface area (Å²) in [5.74, 6) is 0. The Labute approximate surface area is 59.3 Å². The monoisotopic (exact) mass is 138 g/mol. The van der Waals surface area contributed by atoms with Gasteiger partial charge in [-0.2, -0.15) is 0 Å². The Kier molecular flexibility index (Phi) is 2.04. The van der Waals surface area contributed by atoms with Gasteiger partial charge in [-0.25, -0.2) is 8.78 Å². The first-order valence-corrected chi connectivity index (χ1v) is 2.84. The SMILES string of the molecule is [B]c1ccc(C(F)F)cc1. The maximum absolute atomic E-state index is 11.9. The smallest absolute Gasteiger partial charge is 0.205 e. The van der Waals surface area contributed by atoms with E-state index in [1.54, 1.807) is 0 Å². The van der Waals surface area contributed by atoms with Gasteiger partial charge < -0.3 is 0 Å². The molecule has 0 aliphatic rings. The first-order valence-electron chi connectivity index (χ1n) is 2.84. The molecule has 0 spiro atoms. The molecule has 0 saturated carbocycles. The van der Waals surface area contributed by atoms with E-state index in [2.05, 4.69) is 0 Å². The molecule has 0 aromatic heterocycles. The fourth-order valence-electron chi connectivity index (χ4n) is 0.641. The van der Waals surface area contributed by atoms with Gasteiger partial charge >= 0.3 is 0 Å². The lowest BCUT2D eigenvalue weighted by molar-refractivity contribution is 0.151. The van der Waals surface area contributed by atoms with Gasteiger partial charge in [0.1, 0.15) is 7.85 Å². The maximum atomic E-state index is 11.9. The quantitative estimate of drug-likeness (QED) is 0.514. The second-order valence-corrected chi connectivity index (χ2v) is 1.97. The second kappa shape index (κ2) is 2.82. The van der Waals surface area contributed by atoms with Crippen LogP contribution in [0.1, 0.15) is 12.0 Å². The Morgan fingerprint density at radius 1 is 1.10 bits per heavy atom. The summed E-state index contributed by atoms with van der Waals surface area (Å²) in [5, 5.41) is 0. The van der Waals surface area contributed by atoms with Gasteiger partial charge in [0.2, 0.25) is 0 Å². The molecule has 0 unspecified atom stereocenters. The molecule has 1 aromatic carbocycles. The lowest BCUT2D eigenvalue weighted by Gasteiger charge is -1.97. The maximum Gasteiger partial charge on any atom is 0.263 e. The molecule has 0 aliphatic heterocycles. The zero-order valence-corrected chi connectivity index (χ0v) is 5.22. The third-order valence-corrected chi connectivity index (χ3v) is 1.19. The summed E-state index contributed by atoms with van der Waals surface area (Å²) in [7, 11) is 5.28. The minimum Gasteiger partial charge on any atom is -0.205 e. The fraction of sp³-hybridized carbons (Fsp3) is 0.143. The molecule has 0 fully saturated rings. The molecule has 2 radical (unpaired) electrons. The zero-order valence-electron chi connectivity index (χ0n) is 5.22. The molecule has 50 valence electrons. The van der Waals surface area contributed by atoms with Crippen LogP contribution in [0.3, 0.4) is 0 Å². The fourth-order valence-corrected chi connectivity index (χ4v) is 0.641. The van der Waals surface area contributed by atoms with Crippen molar-refractivity contribution in [2.45, 2.75) is 6.43 Å². The highest BCUT2D eigenvalue weighted by atomic mass is 19.3. The van der Waals surface area contributed by atoms with E-state index in [0.29, 0.717) is 5.46 Å². The summed E-state index contributed by atoms with van der Waals surface area (Å²) < 4.78 is 23.7. The predicted molar refractivity (Wildman–Crippen MR) is 36.8 cm³/mol. The molecule has 1 rings (SSSR count). The molecule has 0 atom stereocenters. The Balaban J connectivity index is 2.89. The normalized spacial score (nSPS) is 10.3. The Bertz CT molecular complexity index is 205. The van der Waals surface area contributed by atoms with E-state index < -0.39 is 6.43 Å². The summed E-state index contributed by atoms with van der Waals surface area (Å²) in [6.07, 6.45) is -2.40. The topological polar surface area (TPSA) is 0 Å². The van der Waals surface area contributed by atoms with Crippen LogP contribution in [-0.2, 0) is 0 Å². The van der Waals surface area contributed by atoms with Crippen LogP contribution in [0, 0.1) is 0 Å². The van der Waals surface area contributed by atoms with Crippen molar-refractivity contribution in [3.05, 3.63) is 29.8 Å². The van der Waals surface area contributed by atoms with Crippen LogP contribution < -0.4 is 5.46 Å². The molecule has 0 saturated heterocycles. The molecule has 0 amide bonds. The van der Waals surface area contributed by atoms with Crippen molar-refractivity contribution in [1.82, 2.24) is 0 Å². The van der Waals surface area contributed by atoms with Crippen LogP contribution in [0.2, 0.25) is 0 Å². The van der Waals surface area contributed by atoms with E-state index in [4.69, 9.17) is 7.85 Å². The number of hydrogen-bond donors (Lipinski definition) is 0. The number of rotatable bonds is 1. The molecule has 0 nitrogen and oxygen atoms in total. The van der Waals surface area contributed by atoms with Crippen molar-refractivity contribution < 1.29 is 8.78 Å². The lowest BCUT2D eigenvalue weighted by atomic mass is 9.95. The van der Waals surface area contributed by atoms with Gasteiger partial charge in [-0.1, -0.05) is 29.7 Å². The molecule has 3 heteroatoms. The van der Waals surface area contributed by atoms with Gasteiger partial charge in [-0.15, -0.1) is 0 Å². The molecule has 1 aromatic rings. The molecule has 0 bridgehead atoms. The molecule has 0 heterocycles. The highest BCUT2D eigenvalue weighted by molar-refractivity contribution is 6.32. The van der Waals surface area contributed by atoms with Crippen molar-refractivity contribution in [2.75, 3.05) is 0 Å². The third kappa shape index (κ3) is 1.56. The first kappa shape index (κ1) is 7.25. The Hall–Kier alpha value is -0.855. The van der Waals surface area contributed by atoms with Crippen molar-refractivity contribution in [3.63, 3.8) is 0 Å². The van der Waals surface area contributed by atoms with E-state index >= 15 is 0 Å². The minimum atomic E-state index is -2.40. The molecule has 0 N–H and O–H groups in total. The number of halogens is 2. The van der Waals surface area contributed by atoms with Crippen LogP contribution in [0.4, 0.5) is 8.78 Å². The van der Waals surface area contributed by atoms with Crippen LogP contribution in [0.15, 0.2) is 24.3 Å². The van der Waals surface area contributed by atoms with Gasteiger partial charge in [0.25, 0.3) is 6.43 Å². The highest BCUT2D eigenvalue weighted by Gasteiger charge is 2.03. The van der Waals surface area contributed by atoms with Crippen LogP contribution in [-0.4, -0.2) is 7.85 Å². The highest BCUT2D eigenvalue weighted by Crippen LogP contribution is 2.16. The molecule has 0 aliphatic carbocycles. The van der Waals surface area contributed by atoms with Gasteiger partial charge in [0.15, 0.2) is 0 Å². The molecular weight excluding hydrogens is 133 g/mol. The van der Waals surface area contributed by atoms with Crippen LogP contribution in [0.5, 0.6) is 0 Å². The van der Waals surface area contributed by atoms with E-state index in [-0.39, 0.29) is 5.56 Å². The van der Waals surface area contributed by atoms with Gasteiger partial charge in [-0.3, -0.25) is 0 Å². The predicted octanol–water partition coefficient (Wildman–Crippen LogP) is 1.42. The summed E-state index contributed by atoms with van der Waals surface area (Å²) in [4.78, 5) is 0. The zero-order chi connectivity index (χ0) is 7.56. The van der Waals surface area contributed by atoms with Crippen LogP contribution in [0.25, 0.3) is 0 Å². The molecular formula is C7H5BF2. The van der Waals surface area contributed by atoms with Crippen molar-refractivity contribution >= 4 is 13.3 Å². The van der Waals surface area contributed by atoms with Crippen molar-refractivity contribution in [2.24, 2.45) is 0 Å². The first-order chi connectivity index (χ1) is 4.70. The van der Waals surface area contributed by atoms with E-state index in [1.165, 1.54) is 24.3 Å². The molecule has 10 heavy (non-hydrogen) atoms. The Morgan fingerprint density at radius 3 is 2.00 bits per heavy atom. The largest absolute Gasteiger partial charge is 0.263 e. The Morgan fingerprint density at radius 2 is 1.60 bits per heavy atom. The number of hydrogen-bond acceptors (Lipinski definition) is 0. The second-order valence-electron chi connectivity index (χ2n) is 1.97.